The Balaban J connectivity index is 2.15. The summed E-state index contributed by atoms with van der Waals surface area (Å²) in [4.78, 5) is 1.97. The fourth-order valence-electron chi connectivity index (χ4n) is 2.56. The molecule has 1 aliphatic rings. The molecule has 1 aromatic rings. The molecule has 3 N–H and O–H groups in total. The van der Waals surface area contributed by atoms with Crippen LogP contribution in [-0.4, -0.2) is 43.5 Å². The summed E-state index contributed by atoms with van der Waals surface area (Å²) in [6.07, 6.45) is 2.22. The fraction of sp³-hybridized carbons (Fsp3) is 0.571. The molecular weight excluding hydrogens is 292 g/mol. The molecule has 1 unspecified atom stereocenters. The number of anilines is 2. The van der Waals surface area contributed by atoms with Crippen molar-refractivity contribution in [2.75, 3.05) is 30.4 Å². The van der Waals surface area contributed by atoms with Crippen LogP contribution in [0.25, 0.3) is 0 Å². The van der Waals surface area contributed by atoms with Crippen LogP contribution < -0.4 is 10.2 Å². The Labute approximate surface area is 125 Å². The van der Waals surface area contributed by atoms with E-state index in [9.17, 15) is 13.5 Å². The number of fused-ring (bicyclic) bond motifs is 1. The van der Waals surface area contributed by atoms with Crippen LogP contribution in [0, 0.1) is 0 Å². The van der Waals surface area contributed by atoms with E-state index in [1.807, 2.05) is 18.0 Å². The van der Waals surface area contributed by atoms with Crippen molar-refractivity contribution in [1.82, 2.24) is 0 Å². The smallest absolute Gasteiger partial charge is 0.267 e. The first kappa shape index (κ1) is 15.9. The van der Waals surface area contributed by atoms with E-state index in [0.29, 0.717) is 13.0 Å². The minimum absolute atomic E-state index is 0.244. The number of nitrogens with one attached hydrogen (secondary N) is 1. The van der Waals surface area contributed by atoms with Crippen LogP contribution in [0.1, 0.15) is 25.3 Å². The molecule has 0 aromatic heterocycles. The van der Waals surface area contributed by atoms with Gasteiger partial charge in [-0.3, -0.25) is 4.55 Å². The van der Waals surface area contributed by atoms with Crippen molar-refractivity contribution in [3.63, 3.8) is 0 Å². The highest BCUT2D eigenvalue weighted by molar-refractivity contribution is 7.86. The molecule has 7 heteroatoms. The number of hydrogen-bond acceptors (Lipinski definition) is 5. The highest BCUT2D eigenvalue weighted by atomic mass is 32.2. The van der Waals surface area contributed by atoms with Gasteiger partial charge in [-0.05, 0) is 38.3 Å². The standard InChI is InChI=1S/C14H22N2O4S/c1-10(21(18,19)20)7-9-16(2)12-5-6-13(17)14-11(12)4-3-8-15-14/h5-6,10,15,17H,3-4,7-9H2,1-2H3,(H,18,19,20). The SMILES string of the molecule is CC(CCN(C)c1ccc(O)c2c1CCCN2)S(=O)(=O)O. The molecule has 1 aromatic carbocycles. The zero-order valence-electron chi connectivity index (χ0n) is 12.3. The Morgan fingerprint density at radius 2 is 2.14 bits per heavy atom. The molecule has 0 amide bonds. The lowest BCUT2D eigenvalue weighted by atomic mass is 10.00. The molecule has 0 saturated heterocycles. The third kappa shape index (κ3) is 3.59. The van der Waals surface area contributed by atoms with E-state index < -0.39 is 15.4 Å². The van der Waals surface area contributed by atoms with Gasteiger partial charge in [0.1, 0.15) is 5.75 Å². The van der Waals surface area contributed by atoms with Gasteiger partial charge in [-0.2, -0.15) is 8.42 Å². The first-order chi connectivity index (χ1) is 9.80. The first-order valence-electron chi connectivity index (χ1n) is 7.07. The molecule has 0 aliphatic carbocycles. The van der Waals surface area contributed by atoms with Gasteiger partial charge in [-0.15, -0.1) is 0 Å². The van der Waals surface area contributed by atoms with Crippen LogP contribution in [0.2, 0.25) is 0 Å². The molecule has 0 bridgehead atoms. The predicted molar refractivity (Wildman–Crippen MR) is 83.8 cm³/mol. The quantitative estimate of drug-likeness (QED) is 0.568. The second-order valence-corrected chi connectivity index (χ2v) is 7.36. The van der Waals surface area contributed by atoms with Gasteiger partial charge < -0.3 is 15.3 Å². The van der Waals surface area contributed by atoms with Crippen molar-refractivity contribution in [2.24, 2.45) is 0 Å². The molecule has 6 nitrogen and oxygen atoms in total. The van der Waals surface area contributed by atoms with Crippen molar-refractivity contribution in [3.8, 4) is 5.75 Å². The van der Waals surface area contributed by atoms with E-state index in [2.05, 4.69) is 5.32 Å². The minimum Gasteiger partial charge on any atom is -0.506 e. The summed E-state index contributed by atoms with van der Waals surface area (Å²) in [5.41, 5.74) is 2.81. The van der Waals surface area contributed by atoms with Crippen molar-refractivity contribution in [3.05, 3.63) is 17.7 Å². The van der Waals surface area contributed by atoms with E-state index in [0.717, 1.165) is 36.3 Å². The molecular formula is C14H22N2O4S. The third-order valence-electron chi connectivity index (χ3n) is 3.96. The lowest BCUT2D eigenvalue weighted by Gasteiger charge is -2.28. The maximum absolute atomic E-state index is 11.1. The number of nitrogens with zero attached hydrogens (tertiary/aromatic N) is 1. The van der Waals surface area contributed by atoms with Crippen LogP contribution in [0.5, 0.6) is 5.75 Å². The molecule has 21 heavy (non-hydrogen) atoms. The summed E-state index contributed by atoms with van der Waals surface area (Å²) in [7, 11) is -2.10. The molecule has 0 radical (unpaired) electrons. The van der Waals surface area contributed by atoms with E-state index in [-0.39, 0.29) is 5.75 Å². The Morgan fingerprint density at radius 3 is 2.81 bits per heavy atom. The molecule has 118 valence electrons. The van der Waals surface area contributed by atoms with Gasteiger partial charge in [-0.25, -0.2) is 0 Å². The zero-order valence-corrected chi connectivity index (χ0v) is 13.2. The molecule has 1 atom stereocenters. The van der Waals surface area contributed by atoms with Gasteiger partial charge in [0.15, 0.2) is 0 Å². The lowest BCUT2D eigenvalue weighted by Crippen LogP contribution is -2.27. The Kier molecular flexibility index (Phi) is 4.63. The predicted octanol–water partition coefficient (Wildman–Crippen LogP) is 1.85. The maximum Gasteiger partial charge on any atom is 0.267 e. The summed E-state index contributed by atoms with van der Waals surface area (Å²) >= 11 is 0. The maximum atomic E-state index is 11.1. The summed E-state index contributed by atoms with van der Waals surface area (Å²) in [5.74, 6) is 0.244. The number of aromatic hydroxyl groups is 1. The number of hydrogen-bond donors (Lipinski definition) is 3. The topological polar surface area (TPSA) is 89.9 Å². The number of phenols is 1. The first-order valence-corrected chi connectivity index (χ1v) is 8.57. The van der Waals surface area contributed by atoms with E-state index >= 15 is 0 Å². The average Bonchev–Trinajstić information content (AvgIpc) is 2.44. The van der Waals surface area contributed by atoms with Crippen LogP contribution in [-0.2, 0) is 16.5 Å². The summed E-state index contributed by atoms with van der Waals surface area (Å²) in [6.45, 7) is 2.85. The van der Waals surface area contributed by atoms with Crippen molar-refractivity contribution < 1.29 is 18.1 Å². The van der Waals surface area contributed by atoms with Crippen LogP contribution in [0.4, 0.5) is 11.4 Å². The number of phenolic OH excluding ortho intramolecular Hbond substituents is 1. The lowest BCUT2D eigenvalue weighted by molar-refractivity contribution is 0.466. The Bertz CT molecular complexity index is 616. The third-order valence-corrected chi connectivity index (χ3v) is 5.21. The average molecular weight is 314 g/mol. The van der Waals surface area contributed by atoms with Crippen molar-refractivity contribution >= 4 is 21.5 Å². The van der Waals surface area contributed by atoms with E-state index in [1.165, 1.54) is 6.92 Å². The van der Waals surface area contributed by atoms with Crippen LogP contribution >= 0.6 is 0 Å². The summed E-state index contributed by atoms with van der Waals surface area (Å²) < 4.78 is 31.1. The van der Waals surface area contributed by atoms with Crippen molar-refractivity contribution in [1.29, 1.82) is 0 Å². The van der Waals surface area contributed by atoms with Crippen LogP contribution in [0.15, 0.2) is 12.1 Å². The van der Waals surface area contributed by atoms with Gasteiger partial charge in [0.25, 0.3) is 10.1 Å². The highest BCUT2D eigenvalue weighted by Crippen LogP contribution is 2.37. The molecule has 1 heterocycles. The Morgan fingerprint density at radius 1 is 1.43 bits per heavy atom. The van der Waals surface area contributed by atoms with E-state index in [1.54, 1.807) is 6.07 Å². The van der Waals surface area contributed by atoms with Crippen molar-refractivity contribution in [2.45, 2.75) is 31.4 Å². The minimum atomic E-state index is -3.98. The monoisotopic (exact) mass is 314 g/mol. The van der Waals surface area contributed by atoms with Crippen LogP contribution in [0.3, 0.4) is 0 Å². The largest absolute Gasteiger partial charge is 0.506 e. The van der Waals surface area contributed by atoms with Gasteiger partial charge in [-0.1, -0.05) is 0 Å². The molecule has 1 aliphatic heterocycles. The van der Waals surface area contributed by atoms with E-state index in [4.69, 9.17) is 4.55 Å². The normalized spacial score (nSPS) is 16.0. The zero-order chi connectivity index (χ0) is 15.6. The Hall–Kier alpha value is -1.47. The summed E-state index contributed by atoms with van der Waals surface area (Å²) in [5, 5.41) is 12.3. The van der Waals surface area contributed by atoms with Gasteiger partial charge >= 0.3 is 0 Å². The fourth-order valence-corrected chi connectivity index (χ4v) is 2.96. The molecule has 0 spiro atoms. The van der Waals surface area contributed by atoms with Gasteiger partial charge in [0.05, 0.1) is 10.9 Å². The van der Waals surface area contributed by atoms with Gasteiger partial charge in [0.2, 0.25) is 0 Å². The highest BCUT2D eigenvalue weighted by Gasteiger charge is 2.21. The number of rotatable bonds is 5. The second-order valence-electron chi connectivity index (χ2n) is 5.52. The molecule has 0 saturated carbocycles. The molecule has 2 rings (SSSR count). The summed E-state index contributed by atoms with van der Waals surface area (Å²) in [6, 6.07) is 3.49. The van der Waals surface area contributed by atoms with Gasteiger partial charge in [0, 0.05) is 31.4 Å². The second kappa shape index (κ2) is 6.11. The molecule has 0 fully saturated rings. The number of benzene rings is 1.